The minimum Gasteiger partial charge on any atom is -0.496 e. The Labute approximate surface area is 166 Å². The van der Waals surface area contributed by atoms with Crippen molar-refractivity contribution in [3.8, 4) is 5.75 Å². The molecule has 2 heterocycles. The quantitative estimate of drug-likeness (QED) is 0.550. The fraction of sp³-hybridized carbons (Fsp3) is 0.476. The van der Waals surface area contributed by atoms with Gasteiger partial charge in [-0.1, -0.05) is 20.3 Å². The second-order valence-electron chi connectivity index (χ2n) is 6.99. The lowest BCUT2D eigenvalue weighted by Crippen LogP contribution is -2.09. The third-order valence-electron chi connectivity index (χ3n) is 5.05. The number of methoxy groups -OCH3 is 1. The molecule has 0 fully saturated rings. The first-order valence-electron chi connectivity index (χ1n) is 9.95. The van der Waals surface area contributed by atoms with Gasteiger partial charge in [0, 0.05) is 36.8 Å². The molecule has 0 saturated heterocycles. The first kappa shape index (κ1) is 19.9. The predicted molar refractivity (Wildman–Crippen MR) is 114 cm³/mol. The maximum Gasteiger partial charge on any atom is 0.221 e. The van der Waals surface area contributed by atoms with Crippen molar-refractivity contribution < 1.29 is 4.74 Å². The average Bonchev–Trinajstić information content (AvgIpc) is 3.01. The molecular weight excluding hydrogens is 352 g/mol. The second kappa shape index (κ2) is 8.91. The van der Waals surface area contributed by atoms with E-state index < -0.39 is 0 Å². The minimum absolute atomic E-state index is 0.297. The summed E-state index contributed by atoms with van der Waals surface area (Å²) in [6, 6.07) is 4.28. The lowest BCUT2D eigenvalue weighted by molar-refractivity contribution is 0.410. The number of unbranched alkanes of at least 4 members (excludes halogenated alkanes) is 1. The van der Waals surface area contributed by atoms with Gasteiger partial charge in [0.2, 0.25) is 5.95 Å². The minimum atomic E-state index is 0.297. The van der Waals surface area contributed by atoms with Gasteiger partial charge in [0.25, 0.3) is 0 Å². The van der Waals surface area contributed by atoms with Crippen LogP contribution < -0.4 is 15.8 Å². The molecule has 0 unspecified atom stereocenters. The Balaban J connectivity index is 1.86. The zero-order valence-electron chi connectivity index (χ0n) is 17.2. The topological polar surface area (TPSA) is 90.9 Å². The van der Waals surface area contributed by atoms with Crippen LogP contribution in [0.15, 0.2) is 18.3 Å². The monoisotopic (exact) mass is 382 g/mol. The molecule has 0 aliphatic rings. The number of benzene rings is 1. The van der Waals surface area contributed by atoms with E-state index in [0.717, 1.165) is 67.0 Å². The predicted octanol–water partition coefficient (Wildman–Crippen LogP) is 3.51. The van der Waals surface area contributed by atoms with Crippen molar-refractivity contribution in [3.63, 3.8) is 0 Å². The van der Waals surface area contributed by atoms with Crippen LogP contribution in [-0.4, -0.2) is 33.4 Å². The molecule has 150 valence electrons. The number of aryl methyl sites for hydroxylation is 4. The molecule has 0 aliphatic heterocycles. The highest BCUT2D eigenvalue weighted by Crippen LogP contribution is 2.29. The molecular formula is C21H30N6O. The number of nitrogens with one attached hydrogen (secondary N) is 1. The lowest BCUT2D eigenvalue weighted by atomic mass is 10.0. The highest BCUT2D eigenvalue weighted by molar-refractivity contribution is 5.84. The van der Waals surface area contributed by atoms with Gasteiger partial charge >= 0.3 is 0 Å². The van der Waals surface area contributed by atoms with E-state index >= 15 is 0 Å². The first-order chi connectivity index (χ1) is 13.6. The molecule has 7 heteroatoms. The van der Waals surface area contributed by atoms with Crippen LogP contribution in [-0.2, 0) is 26.3 Å². The van der Waals surface area contributed by atoms with Gasteiger partial charge in [-0.25, -0.2) is 4.98 Å². The van der Waals surface area contributed by atoms with Gasteiger partial charge in [-0.2, -0.15) is 10.1 Å². The number of anilines is 2. The molecule has 0 amide bonds. The second-order valence-corrected chi connectivity index (χ2v) is 6.99. The van der Waals surface area contributed by atoms with E-state index in [9.17, 15) is 0 Å². The van der Waals surface area contributed by atoms with Crippen LogP contribution in [0.5, 0.6) is 5.75 Å². The summed E-state index contributed by atoms with van der Waals surface area (Å²) in [6.07, 6.45) is 6.58. The molecule has 28 heavy (non-hydrogen) atoms. The molecule has 0 aliphatic carbocycles. The smallest absolute Gasteiger partial charge is 0.221 e. The molecule has 0 atom stereocenters. The van der Waals surface area contributed by atoms with E-state index in [2.05, 4.69) is 41.3 Å². The van der Waals surface area contributed by atoms with E-state index in [1.54, 1.807) is 7.11 Å². The van der Waals surface area contributed by atoms with Crippen molar-refractivity contribution in [2.75, 3.05) is 24.7 Å². The fourth-order valence-electron chi connectivity index (χ4n) is 3.45. The molecule has 1 aromatic carbocycles. The van der Waals surface area contributed by atoms with E-state index in [0.29, 0.717) is 5.95 Å². The number of nitrogen functional groups attached to an aromatic ring is 1. The Kier molecular flexibility index (Phi) is 6.34. The van der Waals surface area contributed by atoms with Crippen LogP contribution in [0.1, 0.15) is 43.5 Å². The Morgan fingerprint density at radius 3 is 2.71 bits per heavy atom. The van der Waals surface area contributed by atoms with Crippen LogP contribution in [0.4, 0.5) is 11.8 Å². The summed E-state index contributed by atoms with van der Waals surface area (Å²) in [6.45, 7) is 5.19. The summed E-state index contributed by atoms with van der Waals surface area (Å²) in [7, 11) is 3.69. The van der Waals surface area contributed by atoms with Gasteiger partial charge in [0.15, 0.2) is 0 Å². The summed E-state index contributed by atoms with van der Waals surface area (Å²) < 4.78 is 7.46. The Morgan fingerprint density at radius 1 is 1.18 bits per heavy atom. The molecule has 2 aromatic heterocycles. The highest BCUT2D eigenvalue weighted by Gasteiger charge is 2.14. The summed E-state index contributed by atoms with van der Waals surface area (Å²) in [5, 5.41) is 9.32. The molecule has 0 radical (unpaired) electrons. The number of ether oxygens (including phenoxy) is 1. The number of hydrogen-bond acceptors (Lipinski definition) is 6. The molecule has 7 nitrogen and oxygen atoms in total. The molecule has 0 bridgehead atoms. The van der Waals surface area contributed by atoms with Crippen LogP contribution in [0.25, 0.3) is 10.9 Å². The zero-order chi connectivity index (χ0) is 20.1. The van der Waals surface area contributed by atoms with Crippen molar-refractivity contribution in [1.29, 1.82) is 0 Å². The van der Waals surface area contributed by atoms with Gasteiger partial charge in [-0.05, 0) is 37.3 Å². The number of hydrogen-bond donors (Lipinski definition) is 2. The van der Waals surface area contributed by atoms with Crippen LogP contribution in [0, 0.1) is 0 Å². The number of nitrogens with zero attached hydrogens (tertiary/aromatic N) is 4. The Bertz CT molecular complexity index is 950. The van der Waals surface area contributed by atoms with Crippen LogP contribution in [0.2, 0.25) is 0 Å². The van der Waals surface area contributed by atoms with Gasteiger partial charge in [0.1, 0.15) is 11.6 Å². The molecule has 3 aromatic rings. The van der Waals surface area contributed by atoms with Crippen molar-refractivity contribution in [1.82, 2.24) is 19.7 Å². The van der Waals surface area contributed by atoms with E-state index in [1.807, 2.05) is 17.9 Å². The lowest BCUT2D eigenvalue weighted by Gasteiger charge is -2.11. The Hall–Kier alpha value is -2.83. The van der Waals surface area contributed by atoms with Crippen molar-refractivity contribution in [3.05, 3.63) is 35.2 Å². The summed E-state index contributed by atoms with van der Waals surface area (Å²) >= 11 is 0. The van der Waals surface area contributed by atoms with Gasteiger partial charge in [-0.15, -0.1) is 0 Å². The van der Waals surface area contributed by atoms with Gasteiger partial charge < -0.3 is 15.8 Å². The standard InChI is InChI=1S/C21H30N6O/c1-5-7-10-23-20-15(13-24-21(22)25-20)8-9-17-16-11-14(6-2)19(28-4)12-18(16)27(3)26-17/h11-13H,5-10H2,1-4H3,(H3,22,23,24,25). The molecule has 3 rings (SSSR count). The third kappa shape index (κ3) is 4.18. The number of aromatic nitrogens is 4. The van der Waals surface area contributed by atoms with E-state index in [-0.39, 0.29) is 0 Å². The third-order valence-corrected chi connectivity index (χ3v) is 5.05. The van der Waals surface area contributed by atoms with E-state index in [1.165, 1.54) is 10.9 Å². The normalized spacial score (nSPS) is 11.1. The Morgan fingerprint density at radius 2 is 2.00 bits per heavy atom. The highest BCUT2D eigenvalue weighted by atomic mass is 16.5. The summed E-state index contributed by atoms with van der Waals surface area (Å²) in [5.74, 6) is 2.04. The molecule has 0 saturated carbocycles. The average molecular weight is 383 g/mol. The number of nitrogens with two attached hydrogens (primary N) is 1. The largest absolute Gasteiger partial charge is 0.496 e. The maximum atomic E-state index is 5.79. The van der Waals surface area contributed by atoms with Gasteiger partial charge in [-0.3, -0.25) is 4.68 Å². The molecule has 3 N–H and O–H groups in total. The maximum absolute atomic E-state index is 5.79. The first-order valence-corrected chi connectivity index (χ1v) is 9.95. The van der Waals surface area contributed by atoms with E-state index in [4.69, 9.17) is 15.6 Å². The summed E-state index contributed by atoms with van der Waals surface area (Å²) in [5.41, 5.74) is 10.2. The molecule has 0 spiro atoms. The zero-order valence-corrected chi connectivity index (χ0v) is 17.2. The number of fused-ring (bicyclic) bond motifs is 1. The van der Waals surface area contributed by atoms with Crippen molar-refractivity contribution in [2.24, 2.45) is 7.05 Å². The SMILES string of the molecule is CCCCNc1nc(N)ncc1CCc1nn(C)c2cc(OC)c(CC)cc12. The van der Waals surface area contributed by atoms with Crippen LogP contribution in [0.3, 0.4) is 0 Å². The van der Waals surface area contributed by atoms with Gasteiger partial charge in [0.05, 0.1) is 18.3 Å². The number of rotatable bonds is 9. The fourth-order valence-corrected chi connectivity index (χ4v) is 3.45. The summed E-state index contributed by atoms with van der Waals surface area (Å²) in [4.78, 5) is 8.57. The van der Waals surface area contributed by atoms with Crippen LogP contribution >= 0.6 is 0 Å². The van der Waals surface area contributed by atoms with Crippen molar-refractivity contribution in [2.45, 2.75) is 46.0 Å². The van der Waals surface area contributed by atoms with Crippen molar-refractivity contribution >= 4 is 22.7 Å².